The lowest BCUT2D eigenvalue weighted by atomic mass is 10.1. The van der Waals surface area contributed by atoms with Crippen LogP contribution in [0.15, 0.2) is 24.5 Å². The van der Waals surface area contributed by atoms with Crippen LogP contribution in [0.2, 0.25) is 0 Å². The van der Waals surface area contributed by atoms with Gasteiger partial charge in [-0.3, -0.25) is 4.79 Å². The molecule has 2 aromatic rings. The monoisotopic (exact) mass is 325 g/mol. The lowest BCUT2D eigenvalue weighted by molar-refractivity contribution is -0.127. The van der Waals surface area contributed by atoms with Gasteiger partial charge in [0.2, 0.25) is 5.91 Å². The first-order valence-corrected chi connectivity index (χ1v) is 8.59. The minimum Gasteiger partial charge on any atom is -0.346 e. The van der Waals surface area contributed by atoms with E-state index in [1.807, 2.05) is 18.3 Å². The molecule has 0 bridgehead atoms. The summed E-state index contributed by atoms with van der Waals surface area (Å²) in [6, 6.07) is 3.81. The van der Waals surface area contributed by atoms with Crippen molar-refractivity contribution >= 4 is 27.2 Å². The predicted octanol–water partition coefficient (Wildman–Crippen LogP) is 1.25. The van der Waals surface area contributed by atoms with E-state index >= 15 is 0 Å². The SMILES string of the molecule is O=C1CC(CS(=O)(=O)F)CN1CCc1c[nH]c2ncccc12. The maximum absolute atomic E-state index is 12.7. The third-order valence-corrected chi connectivity index (χ3v) is 4.79. The third-order valence-electron chi connectivity index (χ3n) is 3.92. The molecular formula is C14H16FN3O3S. The number of hydrogen-bond acceptors (Lipinski definition) is 4. The van der Waals surface area contributed by atoms with Crippen LogP contribution in [0.3, 0.4) is 0 Å². The van der Waals surface area contributed by atoms with E-state index in [2.05, 4.69) is 9.97 Å². The van der Waals surface area contributed by atoms with E-state index in [1.165, 1.54) is 0 Å². The zero-order valence-corrected chi connectivity index (χ0v) is 12.6. The van der Waals surface area contributed by atoms with Gasteiger partial charge in [0.05, 0.1) is 5.75 Å². The zero-order chi connectivity index (χ0) is 15.7. The number of fused-ring (bicyclic) bond motifs is 1. The fourth-order valence-electron chi connectivity index (χ4n) is 2.94. The molecule has 1 aliphatic heterocycles. The molecule has 1 atom stereocenters. The Morgan fingerprint density at radius 3 is 3.05 bits per heavy atom. The highest BCUT2D eigenvalue weighted by molar-refractivity contribution is 7.86. The van der Waals surface area contributed by atoms with Gasteiger partial charge in [0.15, 0.2) is 0 Å². The molecule has 1 N–H and O–H groups in total. The second kappa shape index (κ2) is 5.68. The molecule has 3 rings (SSSR count). The van der Waals surface area contributed by atoms with Crippen molar-refractivity contribution < 1.29 is 17.1 Å². The Labute approximate surface area is 127 Å². The number of carbonyl (C=O) groups excluding carboxylic acids is 1. The van der Waals surface area contributed by atoms with Gasteiger partial charge >= 0.3 is 10.2 Å². The first-order chi connectivity index (χ1) is 10.4. The number of aromatic nitrogens is 2. The number of halogens is 1. The number of pyridine rings is 1. The molecular weight excluding hydrogens is 309 g/mol. The molecule has 1 aliphatic rings. The van der Waals surface area contributed by atoms with Crippen molar-refractivity contribution in [3.63, 3.8) is 0 Å². The smallest absolute Gasteiger partial charge is 0.302 e. The summed E-state index contributed by atoms with van der Waals surface area (Å²) in [4.78, 5) is 20.8. The van der Waals surface area contributed by atoms with Crippen molar-refractivity contribution in [3.05, 3.63) is 30.1 Å². The van der Waals surface area contributed by atoms with Gasteiger partial charge in [0.1, 0.15) is 5.65 Å². The fraction of sp³-hybridized carbons (Fsp3) is 0.429. The number of amides is 1. The first-order valence-electron chi connectivity index (χ1n) is 7.03. The quantitative estimate of drug-likeness (QED) is 0.839. The molecule has 6 nitrogen and oxygen atoms in total. The minimum absolute atomic E-state index is 0.0958. The van der Waals surface area contributed by atoms with Gasteiger partial charge in [-0.05, 0) is 24.1 Å². The number of hydrogen-bond donors (Lipinski definition) is 1. The van der Waals surface area contributed by atoms with E-state index < -0.39 is 21.9 Å². The van der Waals surface area contributed by atoms with Crippen LogP contribution in [0.5, 0.6) is 0 Å². The zero-order valence-electron chi connectivity index (χ0n) is 11.8. The number of nitrogens with zero attached hydrogens (tertiary/aromatic N) is 2. The molecule has 0 aliphatic carbocycles. The summed E-state index contributed by atoms with van der Waals surface area (Å²) < 4.78 is 34.1. The topological polar surface area (TPSA) is 83.1 Å². The number of aromatic amines is 1. The highest BCUT2D eigenvalue weighted by Crippen LogP contribution is 2.22. The van der Waals surface area contributed by atoms with E-state index in [0.29, 0.717) is 19.5 Å². The molecule has 1 saturated heterocycles. The van der Waals surface area contributed by atoms with Gasteiger partial charge in [-0.15, -0.1) is 3.89 Å². The van der Waals surface area contributed by atoms with Crippen molar-refractivity contribution in [1.29, 1.82) is 0 Å². The van der Waals surface area contributed by atoms with Gasteiger partial charge in [0, 0.05) is 43.2 Å². The number of likely N-dealkylation sites (tertiary alicyclic amines) is 1. The lowest BCUT2D eigenvalue weighted by Crippen LogP contribution is -2.28. The molecule has 0 spiro atoms. The first kappa shape index (κ1) is 15.0. The van der Waals surface area contributed by atoms with Crippen molar-refractivity contribution in [2.45, 2.75) is 12.8 Å². The maximum Gasteiger partial charge on any atom is 0.302 e. The second-order valence-corrected chi connectivity index (χ2v) is 6.99. The highest BCUT2D eigenvalue weighted by atomic mass is 32.3. The van der Waals surface area contributed by atoms with Crippen LogP contribution in [0.25, 0.3) is 11.0 Å². The number of nitrogens with one attached hydrogen (secondary N) is 1. The van der Waals surface area contributed by atoms with Crippen LogP contribution in [-0.2, 0) is 21.4 Å². The summed E-state index contributed by atoms with van der Waals surface area (Å²) in [7, 11) is -4.53. The predicted molar refractivity (Wildman–Crippen MR) is 79.4 cm³/mol. The molecule has 0 radical (unpaired) electrons. The van der Waals surface area contributed by atoms with Crippen molar-refractivity contribution in [3.8, 4) is 0 Å². The van der Waals surface area contributed by atoms with E-state index in [-0.39, 0.29) is 12.3 Å². The van der Waals surface area contributed by atoms with E-state index in [1.54, 1.807) is 11.1 Å². The van der Waals surface area contributed by atoms with E-state index in [9.17, 15) is 17.1 Å². The maximum atomic E-state index is 12.7. The fourth-order valence-corrected chi connectivity index (χ4v) is 3.72. The highest BCUT2D eigenvalue weighted by Gasteiger charge is 2.32. The van der Waals surface area contributed by atoms with Crippen molar-refractivity contribution in [1.82, 2.24) is 14.9 Å². The van der Waals surface area contributed by atoms with Gasteiger partial charge in [-0.25, -0.2) is 4.98 Å². The normalized spacial score (nSPS) is 19.2. The van der Waals surface area contributed by atoms with Crippen LogP contribution >= 0.6 is 0 Å². The minimum atomic E-state index is -4.53. The molecule has 1 unspecified atom stereocenters. The summed E-state index contributed by atoms with van der Waals surface area (Å²) in [5.41, 5.74) is 1.85. The van der Waals surface area contributed by atoms with Crippen LogP contribution in [0.4, 0.5) is 3.89 Å². The number of H-pyrrole nitrogens is 1. The molecule has 1 amide bonds. The Hall–Kier alpha value is -1.96. The van der Waals surface area contributed by atoms with E-state index in [0.717, 1.165) is 16.6 Å². The molecule has 0 saturated carbocycles. The van der Waals surface area contributed by atoms with Crippen LogP contribution < -0.4 is 0 Å². The molecule has 3 heterocycles. The summed E-state index contributed by atoms with van der Waals surface area (Å²) in [6.07, 6.45) is 4.31. The van der Waals surface area contributed by atoms with Crippen LogP contribution in [0, 0.1) is 5.92 Å². The average Bonchev–Trinajstić information content (AvgIpc) is 2.98. The van der Waals surface area contributed by atoms with Gasteiger partial charge in [-0.1, -0.05) is 0 Å². The van der Waals surface area contributed by atoms with Crippen molar-refractivity contribution in [2.75, 3.05) is 18.8 Å². The van der Waals surface area contributed by atoms with Gasteiger partial charge < -0.3 is 9.88 Å². The van der Waals surface area contributed by atoms with Gasteiger partial charge in [0.25, 0.3) is 0 Å². The summed E-state index contributed by atoms with van der Waals surface area (Å²) in [5, 5.41) is 1.01. The molecule has 118 valence electrons. The van der Waals surface area contributed by atoms with Crippen molar-refractivity contribution in [2.24, 2.45) is 5.92 Å². The van der Waals surface area contributed by atoms with Crippen LogP contribution in [-0.4, -0.2) is 48.0 Å². The second-order valence-electron chi connectivity index (χ2n) is 5.58. The molecule has 1 fully saturated rings. The summed E-state index contributed by atoms with van der Waals surface area (Å²) >= 11 is 0. The Balaban J connectivity index is 1.63. The number of rotatable bonds is 5. The number of carbonyl (C=O) groups is 1. The molecule has 2 aromatic heterocycles. The Morgan fingerprint density at radius 2 is 2.27 bits per heavy atom. The Morgan fingerprint density at radius 1 is 1.45 bits per heavy atom. The summed E-state index contributed by atoms with van der Waals surface area (Å²) in [6.45, 7) is 0.784. The Kier molecular flexibility index (Phi) is 3.86. The van der Waals surface area contributed by atoms with Gasteiger partial charge in [-0.2, -0.15) is 8.42 Å². The largest absolute Gasteiger partial charge is 0.346 e. The average molecular weight is 325 g/mol. The standard InChI is InChI=1S/C14H16FN3O3S/c15-22(20,21)9-10-6-13(19)18(8-10)5-3-11-7-17-14-12(11)2-1-4-16-14/h1-2,4,7,10H,3,5-6,8-9H2,(H,16,17). The van der Waals surface area contributed by atoms with E-state index in [4.69, 9.17) is 0 Å². The van der Waals surface area contributed by atoms with Crippen LogP contribution in [0.1, 0.15) is 12.0 Å². The molecule has 0 aromatic carbocycles. The molecule has 8 heteroatoms. The Bertz CT molecular complexity index is 803. The molecule has 22 heavy (non-hydrogen) atoms. The third kappa shape index (κ3) is 3.27. The lowest BCUT2D eigenvalue weighted by Gasteiger charge is -2.15. The summed E-state index contributed by atoms with van der Waals surface area (Å²) in [5.74, 6) is -1.15.